The first-order valence-corrected chi connectivity index (χ1v) is 8.08. The summed E-state index contributed by atoms with van der Waals surface area (Å²) in [5.41, 5.74) is 1.56. The Balaban J connectivity index is 1.68. The highest BCUT2D eigenvalue weighted by molar-refractivity contribution is 5.82. The van der Waals surface area contributed by atoms with Crippen molar-refractivity contribution in [1.29, 1.82) is 0 Å². The van der Waals surface area contributed by atoms with E-state index in [4.69, 9.17) is 0 Å². The van der Waals surface area contributed by atoms with Gasteiger partial charge in [-0.1, -0.05) is 11.3 Å². The molecule has 1 amide bonds. The maximum Gasteiger partial charge on any atom is 0.239 e. The Morgan fingerprint density at radius 3 is 2.87 bits per heavy atom. The van der Waals surface area contributed by atoms with E-state index in [0.717, 1.165) is 37.4 Å². The zero-order valence-electron chi connectivity index (χ0n) is 13.5. The number of nitrogens with zero attached hydrogens (tertiary/aromatic N) is 5. The highest BCUT2D eigenvalue weighted by atomic mass is 16.2. The Bertz CT molecular complexity index is 652. The van der Waals surface area contributed by atoms with Crippen LogP contribution in [0.3, 0.4) is 0 Å². The number of hydrogen-bond donors (Lipinski definition) is 1. The summed E-state index contributed by atoms with van der Waals surface area (Å²) in [7, 11) is 0. The molecule has 122 valence electrons. The molecule has 1 fully saturated rings. The summed E-state index contributed by atoms with van der Waals surface area (Å²) in [6.45, 7) is 6.22. The molecule has 23 heavy (non-hydrogen) atoms. The van der Waals surface area contributed by atoms with Crippen LogP contribution in [0.25, 0.3) is 11.4 Å². The van der Waals surface area contributed by atoms with E-state index < -0.39 is 0 Å². The zero-order valence-corrected chi connectivity index (χ0v) is 13.5. The van der Waals surface area contributed by atoms with Crippen LogP contribution in [0.1, 0.15) is 26.3 Å². The van der Waals surface area contributed by atoms with Crippen molar-refractivity contribution in [2.45, 2.75) is 32.4 Å². The number of carbonyl (C=O) groups is 1. The molecule has 2 aromatic heterocycles. The molecule has 0 spiro atoms. The lowest BCUT2D eigenvalue weighted by Crippen LogP contribution is -2.43. The summed E-state index contributed by atoms with van der Waals surface area (Å²) in [5.74, 6) is 0.169. The van der Waals surface area contributed by atoms with Crippen LogP contribution in [0.4, 0.5) is 0 Å². The second-order valence-corrected chi connectivity index (χ2v) is 5.66. The van der Waals surface area contributed by atoms with E-state index in [-0.39, 0.29) is 18.0 Å². The Kier molecular flexibility index (Phi) is 4.66. The Hall–Kier alpha value is -2.28. The lowest BCUT2D eigenvalue weighted by atomic mass is 10.1. The molecule has 3 rings (SSSR count). The first-order chi connectivity index (χ1) is 11.2. The van der Waals surface area contributed by atoms with E-state index in [2.05, 4.69) is 20.6 Å². The third kappa shape index (κ3) is 3.24. The summed E-state index contributed by atoms with van der Waals surface area (Å²) in [4.78, 5) is 18.6. The van der Waals surface area contributed by atoms with Crippen molar-refractivity contribution in [1.82, 2.24) is 30.2 Å². The van der Waals surface area contributed by atoms with Gasteiger partial charge < -0.3 is 10.2 Å². The molecule has 7 nitrogen and oxygen atoms in total. The fourth-order valence-electron chi connectivity index (χ4n) is 2.95. The second kappa shape index (κ2) is 6.87. The molecule has 1 N–H and O–H groups in total. The van der Waals surface area contributed by atoms with Gasteiger partial charge in [0.05, 0.1) is 24.0 Å². The van der Waals surface area contributed by atoms with Crippen molar-refractivity contribution in [3.8, 4) is 11.4 Å². The lowest BCUT2D eigenvalue weighted by molar-refractivity contribution is -0.132. The number of likely N-dealkylation sites (N-methyl/N-ethyl adjacent to an activating group) is 1. The molecule has 1 aliphatic rings. The minimum atomic E-state index is -0.137. The molecular weight excluding hydrogens is 292 g/mol. The minimum Gasteiger partial charge on any atom is -0.342 e. The SMILES string of the molecule is CCN(CC)C(=O)[C@@H]1C[C@@H](n2cc(-c3ccccn3)nn2)CN1. The van der Waals surface area contributed by atoms with Crippen LogP contribution in [0, 0.1) is 0 Å². The van der Waals surface area contributed by atoms with E-state index in [0.29, 0.717) is 0 Å². The first kappa shape index (κ1) is 15.6. The Morgan fingerprint density at radius 2 is 2.17 bits per heavy atom. The van der Waals surface area contributed by atoms with Gasteiger partial charge in [-0.2, -0.15) is 0 Å². The molecule has 1 aliphatic heterocycles. The van der Waals surface area contributed by atoms with Gasteiger partial charge in [0.2, 0.25) is 5.91 Å². The highest BCUT2D eigenvalue weighted by Crippen LogP contribution is 2.22. The van der Waals surface area contributed by atoms with E-state index in [9.17, 15) is 4.79 Å². The summed E-state index contributed by atoms with van der Waals surface area (Å²) in [6.07, 6.45) is 4.38. The van der Waals surface area contributed by atoms with Crippen molar-refractivity contribution in [3.63, 3.8) is 0 Å². The van der Waals surface area contributed by atoms with Gasteiger partial charge >= 0.3 is 0 Å². The average molecular weight is 314 g/mol. The quantitative estimate of drug-likeness (QED) is 0.895. The number of nitrogens with one attached hydrogen (secondary N) is 1. The van der Waals surface area contributed by atoms with Gasteiger partial charge in [-0.25, -0.2) is 4.68 Å². The fraction of sp³-hybridized carbons (Fsp3) is 0.500. The standard InChI is InChI=1S/C16H22N6O/c1-3-21(4-2)16(23)14-9-12(10-18-14)22-11-15(19-20-22)13-7-5-6-8-17-13/h5-8,11-12,14,18H,3-4,9-10H2,1-2H3/t12-,14+/m1/s1. The third-order valence-electron chi connectivity index (χ3n) is 4.29. The van der Waals surface area contributed by atoms with Crippen LogP contribution in [0.15, 0.2) is 30.6 Å². The van der Waals surface area contributed by atoms with E-state index in [1.807, 2.05) is 47.8 Å². The lowest BCUT2D eigenvalue weighted by Gasteiger charge is -2.22. The van der Waals surface area contributed by atoms with Gasteiger partial charge in [-0.15, -0.1) is 5.10 Å². The normalized spacial score (nSPS) is 20.6. The largest absolute Gasteiger partial charge is 0.342 e. The Morgan fingerprint density at radius 1 is 1.35 bits per heavy atom. The van der Waals surface area contributed by atoms with Crippen molar-refractivity contribution in [2.24, 2.45) is 0 Å². The van der Waals surface area contributed by atoms with E-state index in [1.165, 1.54) is 0 Å². The van der Waals surface area contributed by atoms with Crippen LogP contribution < -0.4 is 5.32 Å². The number of aromatic nitrogens is 4. The maximum absolute atomic E-state index is 12.4. The average Bonchev–Trinajstić information content (AvgIpc) is 3.26. The fourth-order valence-corrected chi connectivity index (χ4v) is 2.95. The molecule has 0 saturated carbocycles. The van der Waals surface area contributed by atoms with Crippen LogP contribution in [-0.4, -0.2) is 56.5 Å². The van der Waals surface area contributed by atoms with Gasteiger partial charge in [0.1, 0.15) is 5.69 Å². The van der Waals surface area contributed by atoms with Crippen molar-refractivity contribution in [2.75, 3.05) is 19.6 Å². The van der Waals surface area contributed by atoms with Gasteiger partial charge in [0, 0.05) is 25.8 Å². The number of amides is 1. The molecule has 7 heteroatoms. The van der Waals surface area contributed by atoms with Gasteiger partial charge in [0.15, 0.2) is 0 Å². The smallest absolute Gasteiger partial charge is 0.239 e. The summed E-state index contributed by atoms with van der Waals surface area (Å²) >= 11 is 0. The molecule has 0 aromatic carbocycles. The Labute approximate surface area is 135 Å². The first-order valence-electron chi connectivity index (χ1n) is 8.08. The van der Waals surface area contributed by atoms with Crippen LogP contribution in [0.2, 0.25) is 0 Å². The minimum absolute atomic E-state index is 0.137. The zero-order chi connectivity index (χ0) is 16.2. The molecule has 3 heterocycles. The summed E-state index contributed by atoms with van der Waals surface area (Å²) in [5, 5.41) is 11.7. The van der Waals surface area contributed by atoms with Crippen molar-refractivity contribution >= 4 is 5.91 Å². The van der Waals surface area contributed by atoms with E-state index in [1.54, 1.807) is 6.20 Å². The van der Waals surface area contributed by atoms with Gasteiger partial charge in [0.25, 0.3) is 0 Å². The summed E-state index contributed by atoms with van der Waals surface area (Å²) < 4.78 is 1.84. The maximum atomic E-state index is 12.4. The molecule has 1 saturated heterocycles. The predicted molar refractivity (Wildman–Crippen MR) is 86.6 cm³/mol. The third-order valence-corrected chi connectivity index (χ3v) is 4.29. The van der Waals surface area contributed by atoms with Crippen LogP contribution >= 0.6 is 0 Å². The molecule has 2 atom stereocenters. The predicted octanol–water partition coefficient (Wildman–Crippen LogP) is 1.11. The molecular formula is C16H22N6O. The molecule has 0 radical (unpaired) electrons. The highest BCUT2D eigenvalue weighted by Gasteiger charge is 2.33. The van der Waals surface area contributed by atoms with Gasteiger partial charge in [-0.05, 0) is 32.4 Å². The number of rotatable bonds is 5. The number of pyridine rings is 1. The van der Waals surface area contributed by atoms with Crippen molar-refractivity contribution in [3.05, 3.63) is 30.6 Å². The molecule has 0 aliphatic carbocycles. The monoisotopic (exact) mass is 314 g/mol. The van der Waals surface area contributed by atoms with Crippen molar-refractivity contribution < 1.29 is 4.79 Å². The molecule has 0 unspecified atom stereocenters. The van der Waals surface area contributed by atoms with Gasteiger partial charge in [-0.3, -0.25) is 9.78 Å². The summed E-state index contributed by atoms with van der Waals surface area (Å²) in [6, 6.07) is 5.72. The van der Waals surface area contributed by atoms with E-state index >= 15 is 0 Å². The van der Waals surface area contributed by atoms with Crippen LogP contribution in [-0.2, 0) is 4.79 Å². The number of hydrogen-bond acceptors (Lipinski definition) is 5. The molecule has 2 aromatic rings. The molecule has 0 bridgehead atoms. The van der Waals surface area contributed by atoms with Crippen LogP contribution in [0.5, 0.6) is 0 Å². The second-order valence-electron chi connectivity index (χ2n) is 5.66. The topological polar surface area (TPSA) is 75.9 Å². The number of carbonyl (C=O) groups excluding carboxylic acids is 1.